The van der Waals surface area contributed by atoms with E-state index in [2.05, 4.69) is 25.2 Å². The van der Waals surface area contributed by atoms with Gasteiger partial charge < -0.3 is 5.32 Å². The molecular formula is C13H19N5O2S. The van der Waals surface area contributed by atoms with Crippen LogP contribution >= 0.6 is 0 Å². The van der Waals surface area contributed by atoms with Crippen LogP contribution in [0.1, 0.15) is 32.6 Å². The number of anilines is 1. The molecule has 0 aliphatic heterocycles. The second kappa shape index (κ2) is 6.23. The van der Waals surface area contributed by atoms with Gasteiger partial charge in [-0.25, -0.2) is 18.1 Å². The zero-order valence-electron chi connectivity index (χ0n) is 12.2. The Morgan fingerprint density at radius 1 is 1.19 bits per heavy atom. The van der Waals surface area contributed by atoms with Gasteiger partial charge in [-0.1, -0.05) is 12.1 Å². The highest BCUT2D eigenvalue weighted by Crippen LogP contribution is 2.24. The van der Waals surface area contributed by atoms with Gasteiger partial charge in [0, 0.05) is 6.04 Å². The Bertz CT molecular complexity index is 682. The molecule has 0 saturated carbocycles. The standard InChI is InChI=1S/C13H19N5O2S/c1-9(2)18-21(19,20)12-7-5-4-6-11(12)16-10(3)13-14-8-15-17-13/h4-10,16,18H,1-3H3,(H,14,15,17). The van der Waals surface area contributed by atoms with Crippen molar-refractivity contribution in [3.63, 3.8) is 0 Å². The number of rotatable bonds is 6. The van der Waals surface area contributed by atoms with E-state index >= 15 is 0 Å². The van der Waals surface area contributed by atoms with Crippen LogP contribution in [-0.2, 0) is 10.0 Å². The second-order valence-corrected chi connectivity index (χ2v) is 6.69. The van der Waals surface area contributed by atoms with Gasteiger partial charge >= 0.3 is 0 Å². The van der Waals surface area contributed by atoms with E-state index < -0.39 is 10.0 Å². The van der Waals surface area contributed by atoms with Crippen molar-refractivity contribution in [3.8, 4) is 0 Å². The van der Waals surface area contributed by atoms with Gasteiger partial charge in [0.05, 0.1) is 11.7 Å². The summed E-state index contributed by atoms with van der Waals surface area (Å²) in [6, 6.07) is 6.41. The van der Waals surface area contributed by atoms with E-state index in [1.807, 2.05) is 6.92 Å². The molecule has 0 aliphatic rings. The smallest absolute Gasteiger partial charge is 0.242 e. The number of hydrogen-bond acceptors (Lipinski definition) is 5. The van der Waals surface area contributed by atoms with Gasteiger partial charge in [0.25, 0.3) is 0 Å². The van der Waals surface area contributed by atoms with E-state index in [0.29, 0.717) is 11.5 Å². The molecule has 1 aromatic heterocycles. The number of nitrogens with zero attached hydrogens (tertiary/aromatic N) is 2. The van der Waals surface area contributed by atoms with Gasteiger partial charge in [0.1, 0.15) is 17.0 Å². The summed E-state index contributed by atoms with van der Waals surface area (Å²) in [6.45, 7) is 5.44. The average Bonchev–Trinajstić information content (AvgIpc) is 2.91. The summed E-state index contributed by atoms with van der Waals surface area (Å²) in [6.07, 6.45) is 1.41. The highest BCUT2D eigenvalue weighted by molar-refractivity contribution is 7.89. The number of H-pyrrole nitrogens is 1. The van der Waals surface area contributed by atoms with E-state index in [4.69, 9.17) is 0 Å². The van der Waals surface area contributed by atoms with Crippen molar-refractivity contribution in [1.82, 2.24) is 19.9 Å². The number of aromatic amines is 1. The van der Waals surface area contributed by atoms with Crippen LogP contribution in [0.15, 0.2) is 35.5 Å². The normalized spacial score (nSPS) is 13.3. The number of hydrogen-bond donors (Lipinski definition) is 3. The topological polar surface area (TPSA) is 99.8 Å². The maximum atomic E-state index is 12.3. The average molecular weight is 309 g/mol. The summed E-state index contributed by atoms with van der Waals surface area (Å²) in [4.78, 5) is 4.27. The summed E-state index contributed by atoms with van der Waals surface area (Å²) in [5.41, 5.74) is 0.523. The molecule has 21 heavy (non-hydrogen) atoms. The lowest BCUT2D eigenvalue weighted by Crippen LogP contribution is -2.30. The van der Waals surface area contributed by atoms with Crippen molar-refractivity contribution in [2.75, 3.05) is 5.32 Å². The number of nitrogens with one attached hydrogen (secondary N) is 3. The van der Waals surface area contributed by atoms with Crippen LogP contribution in [0.4, 0.5) is 5.69 Å². The summed E-state index contributed by atoms with van der Waals surface area (Å²) in [5.74, 6) is 0.638. The molecule has 0 spiro atoms. The number of aromatic nitrogens is 3. The molecule has 3 N–H and O–H groups in total. The third-order valence-electron chi connectivity index (χ3n) is 2.78. The molecule has 1 heterocycles. The largest absolute Gasteiger partial charge is 0.374 e. The van der Waals surface area contributed by atoms with Crippen LogP contribution in [0.25, 0.3) is 0 Å². The van der Waals surface area contributed by atoms with Crippen molar-refractivity contribution in [3.05, 3.63) is 36.4 Å². The lowest BCUT2D eigenvalue weighted by atomic mass is 10.2. The molecular weight excluding hydrogens is 290 g/mol. The molecule has 2 aromatic rings. The summed E-state index contributed by atoms with van der Waals surface area (Å²) >= 11 is 0. The molecule has 0 aliphatic carbocycles. The molecule has 8 heteroatoms. The van der Waals surface area contributed by atoms with Crippen LogP contribution in [0.3, 0.4) is 0 Å². The van der Waals surface area contributed by atoms with Crippen molar-refractivity contribution < 1.29 is 8.42 Å². The van der Waals surface area contributed by atoms with Crippen LogP contribution in [0, 0.1) is 0 Å². The first kappa shape index (κ1) is 15.5. The maximum Gasteiger partial charge on any atom is 0.242 e. The number of benzene rings is 1. The predicted molar refractivity (Wildman–Crippen MR) is 80.3 cm³/mol. The molecule has 7 nitrogen and oxygen atoms in total. The molecule has 114 valence electrons. The molecule has 1 unspecified atom stereocenters. The lowest BCUT2D eigenvalue weighted by Gasteiger charge is -2.17. The minimum Gasteiger partial charge on any atom is -0.374 e. The van der Waals surface area contributed by atoms with Crippen molar-refractivity contribution in [2.24, 2.45) is 0 Å². The zero-order valence-corrected chi connectivity index (χ0v) is 13.0. The second-order valence-electron chi connectivity index (χ2n) is 5.01. The maximum absolute atomic E-state index is 12.3. The summed E-state index contributed by atoms with van der Waals surface area (Å²) in [7, 11) is -3.56. The van der Waals surface area contributed by atoms with Gasteiger partial charge in [-0.2, -0.15) is 5.10 Å². The molecule has 0 saturated heterocycles. The Balaban J connectivity index is 2.29. The van der Waals surface area contributed by atoms with Crippen LogP contribution in [-0.4, -0.2) is 29.6 Å². The SMILES string of the molecule is CC(C)NS(=O)(=O)c1ccccc1NC(C)c1ncn[nH]1. The van der Waals surface area contributed by atoms with E-state index in [9.17, 15) is 8.42 Å². The first-order valence-electron chi connectivity index (χ1n) is 6.63. The first-order valence-corrected chi connectivity index (χ1v) is 8.11. The van der Waals surface area contributed by atoms with Gasteiger partial charge in [0.2, 0.25) is 10.0 Å². The van der Waals surface area contributed by atoms with E-state index in [1.54, 1.807) is 38.1 Å². The third kappa shape index (κ3) is 3.79. The minimum atomic E-state index is -3.56. The minimum absolute atomic E-state index is 0.172. The fraction of sp³-hybridized carbons (Fsp3) is 0.385. The first-order chi connectivity index (χ1) is 9.90. The fourth-order valence-corrected chi connectivity index (χ4v) is 3.34. The van der Waals surface area contributed by atoms with Gasteiger partial charge in [-0.05, 0) is 32.9 Å². The Morgan fingerprint density at radius 3 is 2.52 bits per heavy atom. The molecule has 0 radical (unpaired) electrons. The van der Waals surface area contributed by atoms with Crippen LogP contribution in [0.5, 0.6) is 0 Å². The third-order valence-corrected chi connectivity index (χ3v) is 4.50. The van der Waals surface area contributed by atoms with E-state index in [-0.39, 0.29) is 17.0 Å². The van der Waals surface area contributed by atoms with Crippen LogP contribution in [0.2, 0.25) is 0 Å². The Morgan fingerprint density at radius 2 is 1.90 bits per heavy atom. The monoisotopic (exact) mass is 309 g/mol. The van der Waals surface area contributed by atoms with Crippen molar-refractivity contribution in [2.45, 2.75) is 37.8 Å². The number of para-hydroxylation sites is 1. The van der Waals surface area contributed by atoms with E-state index in [1.165, 1.54) is 6.33 Å². The molecule has 1 aromatic carbocycles. The highest BCUT2D eigenvalue weighted by Gasteiger charge is 2.20. The van der Waals surface area contributed by atoms with Gasteiger partial charge in [0.15, 0.2) is 0 Å². The summed E-state index contributed by atoms with van der Waals surface area (Å²) in [5, 5.41) is 9.69. The predicted octanol–water partition coefficient (Wildman–Crippen LogP) is 1.66. The molecule has 1 atom stereocenters. The molecule has 0 fully saturated rings. The van der Waals surface area contributed by atoms with Crippen molar-refractivity contribution in [1.29, 1.82) is 0 Å². The molecule has 0 bridgehead atoms. The number of sulfonamides is 1. The fourth-order valence-electron chi connectivity index (χ4n) is 1.92. The quantitative estimate of drug-likeness (QED) is 0.753. The highest BCUT2D eigenvalue weighted by atomic mass is 32.2. The van der Waals surface area contributed by atoms with E-state index in [0.717, 1.165) is 0 Å². The Labute approximate surface area is 124 Å². The van der Waals surface area contributed by atoms with Crippen LogP contribution < -0.4 is 10.0 Å². The Hall–Kier alpha value is -1.93. The zero-order chi connectivity index (χ0) is 15.5. The molecule has 2 rings (SSSR count). The summed E-state index contributed by atoms with van der Waals surface area (Å²) < 4.78 is 27.3. The Kier molecular flexibility index (Phi) is 4.59. The molecule has 0 amide bonds. The lowest BCUT2D eigenvalue weighted by molar-refractivity contribution is 0.570. The van der Waals surface area contributed by atoms with Crippen molar-refractivity contribution >= 4 is 15.7 Å². The van der Waals surface area contributed by atoms with Gasteiger partial charge in [-0.3, -0.25) is 5.10 Å². The van der Waals surface area contributed by atoms with Gasteiger partial charge in [-0.15, -0.1) is 0 Å².